The van der Waals surface area contributed by atoms with Crippen molar-refractivity contribution in [2.45, 2.75) is 77.9 Å². The molecule has 0 aliphatic rings. The van der Waals surface area contributed by atoms with Crippen LogP contribution < -0.4 is 0 Å². The van der Waals surface area contributed by atoms with Crippen molar-refractivity contribution < 1.29 is 14.9 Å². The molecule has 1 aromatic carbocycles. The second-order valence-corrected chi connectivity index (χ2v) is 8.50. The summed E-state index contributed by atoms with van der Waals surface area (Å²) in [4.78, 5) is 0. The van der Waals surface area contributed by atoms with Gasteiger partial charge in [-0.1, -0.05) is 50.6 Å². The predicted molar refractivity (Wildman–Crippen MR) is 100 cm³/mol. The molecule has 1 rings (SSSR count). The summed E-state index contributed by atoms with van der Waals surface area (Å²) in [7, 11) is 0. The zero-order chi connectivity index (χ0) is 18.4. The Morgan fingerprint density at radius 3 is 2.04 bits per heavy atom. The summed E-state index contributed by atoms with van der Waals surface area (Å²) in [5.74, 6) is -0.0776. The second kappa shape index (κ2) is 8.46. The molecule has 1 unspecified atom stereocenters. The van der Waals surface area contributed by atoms with Gasteiger partial charge in [0.05, 0.1) is 17.8 Å². The van der Waals surface area contributed by atoms with Crippen LogP contribution in [-0.2, 0) is 4.74 Å². The summed E-state index contributed by atoms with van der Waals surface area (Å²) in [5, 5.41) is 19.6. The molecule has 0 amide bonds. The Morgan fingerprint density at radius 1 is 0.958 bits per heavy atom. The van der Waals surface area contributed by atoms with Gasteiger partial charge in [0.1, 0.15) is 0 Å². The number of aliphatic hydroxyl groups is 2. The normalized spacial score (nSPS) is 14.7. The van der Waals surface area contributed by atoms with E-state index >= 15 is 0 Å². The molecule has 0 aliphatic carbocycles. The standard InChI is InChI=1S/C21H36O3/c1-19(2,14-10-11-15-22)21(5,6)24-16-18(20(3,4)23)17-12-8-7-9-13-17/h7-9,12-13,18,22-23H,10-11,14-16H2,1-6H3. The van der Waals surface area contributed by atoms with Crippen molar-refractivity contribution >= 4 is 0 Å². The third-order valence-electron chi connectivity index (χ3n) is 5.51. The summed E-state index contributed by atoms with van der Waals surface area (Å²) in [5.41, 5.74) is -0.0822. The van der Waals surface area contributed by atoms with Gasteiger partial charge in [-0.25, -0.2) is 0 Å². The van der Waals surface area contributed by atoms with E-state index in [1.54, 1.807) is 0 Å². The van der Waals surface area contributed by atoms with E-state index in [0.29, 0.717) is 6.61 Å². The summed E-state index contributed by atoms with van der Waals surface area (Å²) in [6.45, 7) is 13.1. The minimum absolute atomic E-state index is 0.0109. The number of hydrogen-bond donors (Lipinski definition) is 2. The van der Waals surface area contributed by atoms with Crippen LogP contribution in [0.4, 0.5) is 0 Å². The summed E-state index contributed by atoms with van der Waals surface area (Å²) in [6, 6.07) is 10.1. The molecule has 0 bridgehead atoms. The van der Waals surface area contributed by atoms with Gasteiger partial charge >= 0.3 is 0 Å². The maximum absolute atomic E-state index is 10.6. The summed E-state index contributed by atoms with van der Waals surface area (Å²) >= 11 is 0. The van der Waals surface area contributed by atoms with E-state index in [4.69, 9.17) is 9.84 Å². The highest BCUT2D eigenvalue weighted by Crippen LogP contribution is 2.40. The van der Waals surface area contributed by atoms with Crippen molar-refractivity contribution in [2.75, 3.05) is 13.2 Å². The molecular weight excluding hydrogens is 300 g/mol. The Hall–Kier alpha value is -0.900. The highest BCUT2D eigenvalue weighted by molar-refractivity contribution is 5.22. The second-order valence-electron chi connectivity index (χ2n) is 8.50. The molecule has 3 heteroatoms. The van der Waals surface area contributed by atoms with E-state index in [2.05, 4.69) is 27.7 Å². The molecule has 0 fully saturated rings. The van der Waals surface area contributed by atoms with Gasteiger partial charge < -0.3 is 14.9 Å². The number of hydrogen-bond acceptors (Lipinski definition) is 3. The molecule has 1 aromatic rings. The van der Waals surface area contributed by atoms with Crippen LogP contribution in [-0.4, -0.2) is 34.6 Å². The fourth-order valence-electron chi connectivity index (χ4n) is 2.86. The molecule has 1 atom stereocenters. The Morgan fingerprint density at radius 2 is 1.54 bits per heavy atom. The van der Waals surface area contributed by atoms with E-state index in [1.165, 1.54) is 0 Å². The van der Waals surface area contributed by atoms with E-state index < -0.39 is 5.60 Å². The van der Waals surface area contributed by atoms with E-state index in [-0.39, 0.29) is 23.5 Å². The average molecular weight is 337 g/mol. The fourth-order valence-corrected chi connectivity index (χ4v) is 2.86. The molecule has 0 saturated heterocycles. The highest BCUT2D eigenvalue weighted by Gasteiger charge is 2.39. The van der Waals surface area contributed by atoms with Gasteiger partial charge in [-0.2, -0.15) is 0 Å². The Balaban J connectivity index is 2.81. The quantitative estimate of drug-likeness (QED) is 0.617. The monoisotopic (exact) mass is 336 g/mol. The van der Waals surface area contributed by atoms with Gasteiger partial charge in [-0.15, -0.1) is 0 Å². The fraction of sp³-hybridized carbons (Fsp3) is 0.714. The number of ether oxygens (including phenoxy) is 1. The lowest BCUT2D eigenvalue weighted by Gasteiger charge is -2.43. The van der Waals surface area contributed by atoms with Crippen molar-refractivity contribution in [3.8, 4) is 0 Å². The SMILES string of the molecule is CC(C)(O)C(COC(C)(C)C(C)(C)CCCCO)c1ccccc1. The van der Waals surface area contributed by atoms with Crippen LogP contribution in [0.25, 0.3) is 0 Å². The zero-order valence-corrected chi connectivity index (χ0v) is 16.3. The Bertz CT molecular complexity index is 472. The third kappa shape index (κ3) is 5.87. The molecule has 2 N–H and O–H groups in total. The first kappa shape index (κ1) is 21.1. The zero-order valence-electron chi connectivity index (χ0n) is 16.3. The molecule has 0 aromatic heterocycles. The average Bonchev–Trinajstić information content (AvgIpc) is 2.47. The summed E-state index contributed by atoms with van der Waals surface area (Å²) in [6.07, 6.45) is 2.82. The molecular formula is C21H36O3. The van der Waals surface area contributed by atoms with Crippen molar-refractivity contribution in [3.63, 3.8) is 0 Å². The lowest BCUT2D eigenvalue weighted by atomic mass is 9.73. The molecule has 24 heavy (non-hydrogen) atoms. The van der Waals surface area contributed by atoms with Crippen molar-refractivity contribution in [1.29, 1.82) is 0 Å². The van der Waals surface area contributed by atoms with Crippen molar-refractivity contribution in [1.82, 2.24) is 0 Å². The molecule has 0 saturated carbocycles. The minimum Gasteiger partial charge on any atom is -0.396 e. The Kier molecular flexibility index (Phi) is 7.45. The number of benzene rings is 1. The topological polar surface area (TPSA) is 49.7 Å². The lowest BCUT2D eigenvalue weighted by molar-refractivity contribution is -0.121. The molecule has 0 heterocycles. The number of aliphatic hydroxyl groups excluding tert-OH is 1. The van der Waals surface area contributed by atoms with Crippen LogP contribution in [0.15, 0.2) is 30.3 Å². The highest BCUT2D eigenvalue weighted by atomic mass is 16.5. The van der Waals surface area contributed by atoms with Gasteiger partial charge in [0, 0.05) is 12.5 Å². The maximum Gasteiger partial charge on any atom is 0.0682 e. The molecule has 0 spiro atoms. The number of unbranched alkanes of at least 4 members (excludes halogenated alkanes) is 1. The van der Waals surface area contributed by atoms with Crippen molar-refractivity contribution in [2.24, 2.45) is 5.41 Å². The first-order valence-corrected chi connectivity index (χ1v) is 9.03. The van der Waals surface area contributed by atoms with E-state index in [0.717, 1.165) is 24.8 Å². The van der Waals surface area contributed by atoms with Gasteiger partial charge in [0.2, 0.25) is 0 Å². The molecule has 3 nitrogen and oxygen atoms in total. The van der Waals surface area contributed by atoms with Gasteiger partial charge in [0.25, 0.3) is 0 Å². The van der Waals surface area contributed by atoms with Gasteiger partial charge in [-0.3, -0.25) is 0 Å². The first-order valence-electron chi connectivity index (χ1n) is 9.03. The van der Waals surface area contributed by atoms with Crippen LogP contribution in [0.5, 0.6) is 0 Å². The molecule has 0 radical (unpaired) electrons. The molecule has 138 valence electrons. The van der Waals surface area contributed by atoms with Crippen LogP contribution in [0, 0.1) is 5.41 Å². The number of rotatable bonds is 10. The maximum atomic E-state index is 10.6. The van der Waals surface area contributed by atoms with Crippen LogP contribution in [0.3, 0.4) is 0 Å². The van der Waals surface area contributed by atoms with Crippen LogP contribution in [0.2, 0.25) is 0 Å². The van der Waals surface area contributed by atoms with Crippen LogP contribution >= 0.6 is 0 Å². The molecule has 0 aliphatic heterocycles. The van der Waals surface area contributed by atoms with Gasteiger partial charge in [-0.05, 0) is 51.5 Å². The van der Waals surface area contributed by atoms with E-state index in [1.807, 2.05) is 44.2 Å². The minimum atomic E-state index is -0.849. The lowest BCUT2D eigenvalue weighted by Crippen LogP contribution is -2.44. The van der Waals surface area contributed by atoms with Crippen LogP contribution in [0.1, 0.15) is 72.3 Å². The smallest absolute Gasteiger partial charge is 0.0682 e. The predicted octanol–water partition coefficient (Wildman–Crippen LogP) is 4.53. The largest absolute Gasteiger partial charge is 0.396 e. The van der Waals surface area contributed by atoms with Crippen molar-refractivity contribution in [3.05, 3.63) is 35.9 Å². The third-order valence-corrected chi connectivity index (χ3v) is 5.51. The van der Waals surface area contributed by atoms with Gasteiger partial charge in [0.15, 0.2) is 0 Å². The summed E-state index contributed by atoms with van der Waals surface area (Å²) < 4.78 is 6.35. The van der Waals surface area contributed by atoms with E-state index in [9.17, 15) is 5.11 Å². The first-order chi connectivity index (χ1) is 11.0. The Labute approximate surface area is 148 Å².